The van der Waals surface area contributed by atoms with Crippen LogP contribution < -0.4 is 9.64 Å². The predicted molar refractivity (Wildman–Crippen MR) is 72.7 cm³/mol. The number of aromatic nitrogens is 1. The lowest BCUT2D eigenvalue weighted by atomic mass is 10.1. The first-order valence-corrected chi connectivity index (χ1v) is 7.03. The Kier molecular flexibility index (Phi) is 3.51. The summed E-state index contributed by atoms with van der Waals surface area (Å²) in [6.07, 6.45) is -3.74. The third-order valence-corrected chi connectivity index (χ3v) is 3.97. The largest absolute Gasteiger partial charge is 0.487 e. The highest BCUT2D eigenvalue weighted by Gasteiger charge is 2.41. The molecule has 1 aromatic heterocycles. The minimum Gasteiger partial charge on any atom is -0.487 e. The highest BCUT2D eigenvalue weighted by Crippen LogP contribution is 2.38. The zero-order chi connectivity index (χ0) is 16.1. The number of pyridine rings is 1. The fraction of sp³-hybridized carbons (Fsp3) is 0.571. The van der Waals surface area contributed by atoms with Crippen LogP contribution in [0.3, 0.4) is 0 Å². The van der Waals surface area contributed by atoms with Crippen LogP contribution in [-0.4, -0.2) is 47.6 Å². The number of halogens is 3. The van der Waals surface area contributed by atoms with Gasteiger partial charge in [-0.3, -0.25) is 14.6 Å². The maximum absolute atomic E-state index is 12.7. The molecule has 5 nitrogen and oxygen atoms in total. The number of carbonyl (C=O) groups is 1. The van der Waals surface area contributed by atoms with Gasteiger partial charge in [-0.05, 0) is 19.9 Å². The van der Waals surface area contributed by atoms with E-state index in [1.807, 2.05) is 18.7 Å². The van der Waals surface area contributed by atoms with E-state index in [2.05, 4.69) is 4.98 Å². The first kappa shape index (κ1) is 15.1. The van der Waals surface area contributed by atoms with Crippen LogP contribution in [0.1, 0.15) is 19.4 Å². The summed E-state index contributed by atoms with van der Waals surface area (Å²) in [4.78, 5) is 19.7. The monoisotopic (exact) mass is 315 g/mol. The van der Waals surface area contributed by atoms with Gasteiger partial charge in [-0.2, -0.15) is 13.2 Å². The van der Waals surface area contributed by atoms with Gasteiger partial charge in [0.05, 0.1) is 18.2 Å². The third-order valence-electron chi connectivity index (χ3n) is 3.97. The number of piperazine rings is 1. The second-order valence-electron chi connectivity index (χ2n) is 5.80. The van der Waals surface area contributed by atoms with Crippen molar-refractivity contribution in [2.24, 2.45) is 0 Å². The number of nitrogens with zero attached hydrogens (tertiary/aromatic N) is 3. The van der Waals surface area contributed by atoms with Crippen LogP contribution in [0.5, 0.6) is 5.75 Å². The van der Waals surface area contributed by atoms with Crippen molar-refractivity contribution in [1.29, 1.82) is 0 Å². The second kappa shape index (κ2) is 5.12. The molecule has 3 rings (SSSR count). The number of fused-ring (bicyclic) bond motifs is 3. The van der Waals surface area contributed by atoms with E-state index in [0.717, 1.165) is 12.3 Å². The predicted octanol–water partition coefficient (Wildman–Crippen LogP) is 1.92. The van der Waals surface area contributed by atoms with Crippen molar-refractivity contribution in [1.82, 2.24) is 9.88 Å². The summed E-state index contributed by atoms with van der Waals surface area (Å²) in [7, 11) is 0. The Hall–Kier alpha value is -1.83. The lowest BCUT2D eigenvalue weighted by Crippen LogP contribution is -2.61. The van der Waals surface area contributed by atoms with Gasteiger partial charge in [-0.1, -0.05) is 0 Å². The molecule has 8 heteroatoms. The van der Waals surface area contributed by atoms with E-state index in [1.165, 1.54) is 4.90 Å². The zero-order valence-corrected chi connectivity index (χ0v) is 12.2. The van der Waals surface area contributed by atoms with Crippen molar-refractivity contribution >= 4 is 11.7 Å². The van der Waals surface area contributed by atoms with Crippen LogP contribution in [0.2, 0.25) is 0 Å². The van der Waals surface area contributed by atoms with Gasteiger partial charge < -0.3 is 4.74 Å². The van der Waals surface area contributed by atoms with E-state index in [1.54, 1.807) is 0 Å². The molecule has 1 atom stereocenters. The summed E-state index contributed by atoms with van der Waals surface area (Å²) in [5, 5.41) is 0. The smallest absolute Gasteiger partial charge is 0.418 e. The third kappa shape index (κ3) is 2.51. The van der Waals surface area contributed by atoms with Crippen molar-refractivity contribution in [2.45, 2.75) is 32.1 Å². The molecule has 0 spiro atoms. The minimum absolute atomic E-state index is 0.0115. The number of amides is 1. The molecule has 0 radical (unpaired) electrons. The van der Waals surface area contributed by atoms with E-state index < -0.39 is 11.7 Å². The molecule has 2 aliphatic heterocycles. The Morgan fingerprint density at radius 3 is 2.77 bits per heavy atom. The van der Waals surface area contributed by atoms with Crippen LogP contribution in [0.25, 0.3) is 0 Å². The van der Waals surface area contributed by atoms with Crippen molar-refractivity contribution in [3.63, 3.8) is 0 Å². The van der Waals surface area contributed by atoms with Gasteiger partial charge >= 0.3 is 6.18 Å². The summed E-state index contributed by atoms with van der Waals surface area (Å²) in [5.41, 5.74) is -0.877. The SMILES string of the molecule is CC(C)N1CC(=O)N2c3ncc(C(F)(F)F)cc3OC[C@H]2C1. The van der Waals surface area contributed by atoms with E-state index in [9.17, 15) is 18.0 Å². The molecule has 22 heavy (non-hydrogen) atoms. The average Bonchev–Trinajstić information content (AvgIpc) is 2.44. The number of hydrogen-bond donors (Lipinski definition) is 0. The van der Waals surface area contributed by atoms with Gasteiger partial charge in [0.15, 0.2) is 11.6 Å². The van der Waals surface area contributed by atoms with E-state index in [0.29, 0.717) is 6.54 Å². The maximum Gasteiger partial charge on any atom is 0.418 e. The van der Waals surface area contributed by atoms with Crippen molar-refractivity contribution < 1.29 is 22.7 Å². The van der Waals surface area contributed by atoms with Crippen molar-refractivity contribution in [3.8, 4) is 5.75 Å². The standard InChI is InChI=1S/C14H16F3N3O2/c1-8(2)19-5-10-7-22-11-3-9(14(15,16)17)4-18-13(11)20(10)12(21)6-19/h3-4,8,10H,5-7H2,1-2H3/t10-/m1/s1. The van der Waals surface area contributed by atoms with Crippen LogP contribution in [-0.2, 0) is 11.0 Å². The Labute approximate surface area is 125 Å². The number of carbonyl (C=O) groups excluding carboxylic acids is 1. The molecule has 0 bridgehead atoms. The Balaban J connectivity index is 1.93. The van der Waals surface area contributed by atoms with Gasteiger partial charge in [-0.25, -0.2) is 4.98 Å². The van der Waals surface area contributed by atoms with Crippen LogP contribution in [0.4, 0.5) is 19.0 Å². The van der Waals surface area contributed by atoms with E-state index in [4.69, 9.17) is 4.74 Å². The van der Waals surface area contributed by atoms with Gasteiger partial charge in [0.2, 0.25) is 5.91 Å². The zero-order valence-electron chi connectivity index (χ0n) is 12.2. The topological polar surface area (TPSA) is 45.7 Å². The second-order valence-corrected chi connectivity index (χ2v) is 5.80. The highest BCUT2D eigenvalue weighted by molar-refractivity contribution is 5.97. The van der Waals surface area contributed by atoms with Crippen LogP contribution in [0.15, 0.2) is 12.3 Å². The van der Waals surface area contributed by atoms with Gasteiger partial charge in [0.25, 0.3) is 0 Å². The summed E-state index contributed by atoms with van der Waals surface area (Å²) < 4.78 is 43.6. The molecule has 0 aliphatic carbocycles. The fourth-order valence-corrected chi connectivity index (χ4v) is 2.75. The number of rotatable bonds is 1. The molecule has 0 aromatic carbocycles. The number of ether oxygens (including phenoxy) is 1. The van der Waals surface area contributed by atoms with Crippen molar-refractivity contribution in [3.05, 3.63) is 17.8 Å². The lowest BCUT2D eigenvalue weighted by molar-refractivity contribution is -0.137. The summed E-state index contributed by atoms with van der Waals surface area (Å²) in [5.74, 6) is 0.0248. The quantitative estimate of drug-likeness (QED) is 0.794. The summed E-state index contributed by atoms with van der Waals surface area (Å²) in [6.45, 7) is 5.01. The lowest BCUT2D eigenvalue weighted by Gasteiger charge is -2.44. The van der Waals surface area contributed by atoms with Gasteiger partial charge in [0, 0.05) is 18.8 Å². The first-order chi connectivity index (χ1) is 10.3. The average molecular weight is 315 g/mol. The molecule has 0 saturated carbocycles. The molecule has 1 amide bonds. The molecular weight excluding hydrogens is 299 g/mol. The van der Waals surface area contributed by atoms with E-state index in [-0.39, 0.29) is 42.7 Å². The Morgan fingerprint density at radius 2 is 2.14 bits per heavy atom. The molecule has 2 aliphatic rings. The molecule has 3 heterocycles. The Bertz CT molecular complexity index is 603. The van der Waals surface area contributed by atoms with Crippen LogP contribution >= 0.6 is 0 Å². The summed E-state index contributed by atoms with van der Waals surface area (Å²) in [6, 6.07) is 0.897. The summed E-state index contributed by atoms with van der Waals surface area (Å²) >= 11 is 0. The maximum atomic E-state index is 12.7. The van der Waals surface area contributed by atoms with Crippen LogP contribution in [0, 0.1) is 0 Å². The normalized spacial score (nSPS) is 22.4. The molecule has 1 fully saturated rings. The fourth-order valence-electron chi connectivity index (χ4n) is 2.75. The number of alkyl halides is 3. The number of hydrogen-bond acceptors (Lipinski definition) is 4. The van der Waals surface area contributed by atoms with Gasteiger partial charge in [0.1, 0.15) is 6.61 Å². The first-order valence-electron chi connectivity index (χ1n) is 7.03. The molecule has 0 N–H and O–H groups in total. The highest BCUT2D eigenvalue weighted by atomic mass is 19.4. The molecule has 1 saturated heterocycles. The molecular formula is C14H16F3N3O2. The van der Waals surface area contributed by atoms with Crippen molar-refractivity contribution in [2.75, 3.05) is 24.6 Å². The molecule has 120 valence electrons. The van der Waals surface area contributed by atoms with Gasteiger partial charge in [-0.15, -0.1) is 0 Å². The van der Waals surface area contributed by atoms with E-state index >= 15 is 0 Å². The molecule has 1 aromatic rings. The minimum atomic E-state index is -4.48. The molecule has 0 unspecified atom stereocenters. The number of anilines is 1. The Morgan fingerprint density at radius 1 is 1.41 bits per heavy atom.